The fraction of sp³-hybridized carbons (Fsp3) is 0.833. The van der Waals surface area contributed by atoms with Crippen molar-refractivity contribution in [3.05, 3.63) is 0 Å². The second-order valence-electron chi connectivity index (χ2n) is 5.35. The Morgan fingerprint density at radius 1 is 1.38 bits per heavy atom. The second kappa shape index (κ2) is 3.84. The van der Waals surface area contributed by atoms with Crippen molar-refractivity contribution in [2.45, 2.75) is 45.3 Å². The molecule has 1 amide bonds. The van der Waals surface area contributed by atoms with Gasteiger partial charge in [-0.15, -0.1) is 0 Å². The van der Waals surface area contributed by atoms with Gasteiger partial charge in [-0.05, 0) is 6.42 Å². The lowest BCUT2D eigenvalue weighted by atomic mass is 9.63. The topological polar surface area (TPSA) is 46.6 Å². The molecule has 2 rings (SSSR count). The number of amides is 1. The molecule has 1 saturated heterocycles. The van der Waals surface area contributed by atoms with Crippen molar-refractivity contribution in [1.29, 1.82) is 0 Å². The van der Waals surface area contributed by atoms with E-state index < -0.39 is 0 Å². The minimum Gasteiger partial charge on any atom is -0.381 e. The molecule has 16 heavy (non-hydrogen) atoms. The van der Waals surface area contributed by atoms with Gasteiger partial charge in [0.1, 0.15) is 5.78 Å². The van der Waals surface area contributed by atoms with Crippen molar-refractivity contribution in [1.82, 2.24) is 4.90 Å². The Bertz CT molecular complexity index is 324. The molecule has 2 fully saturated rings. The van der Waals surface area contributed by atoms with Gasteiger partial charge in [0.25, 0.3) is 0 Å². The number of nitrogens with zero attached hydrogens (tertiary/aromatic N) is 1. The molecule has 2 atom stereocenters. The lowest BCUT2D eigenvalue weighted by Gasteiger charge is -2.56. The van der Waals surface area contributed by atoms with Gasteiger partial charge in [-0.25, -0.2) is 0 Å². The van der Waals surface area contributed by atoms with Gasteiger partial charge in [-0.3, -0.25) is 9.59 Å². The SMILES string of the molecule is COC1CC(N2CCC(=O)CC2=O)C1(C)C. The van der Waals surface area contributed by atoms with E-state index in [0.717, 1.165) is 6.42 Å². The fourth-order valence-electron chi connectivity index (χ4n) is 2.85. The molecule has 0 N–H and O–H groups in total. The number of piperidine rings is 1. The monoisotopic (exact) mass is 225 g/mol. The van der Waals surface area contributed by atoms with Crippen molar-refractivity contribution in [2.24, 2.45) is 5.41 Å². The molecule has 2 unspecified atom stereocenters. The Labute approximate surface area is 95.9 Å². The first-order valence-electron chi connectivity index (χ1n) is 5.80. The summed E-state index contributed by atoms with van der Waals surface area (Å²) in [5.74, 6) is 0.0607. The van der Waals surface area contributed by atoms with Crippen LogP contribution in [0, 0.1) is 5.41 Å². The number of Topliss-reactive ketones (excluding diaryl/α,β-unsaturated/α-hetero) is 1. The highest BCUT2D eigenvalue weighted by Crippen LogP contribution is 2.46. The zero-order valence-electron chi connectivity index (χ0n) is 10.2. The van der Waals surface area contributed by atoms with Gasteiger partial charge in [-0.1, -0.05) is 13.8 Å². The van der Waals surface area contributed by atoms with Gasteiger partial charge < -0.3 is 9.64 Å². The summed E-state index contributed by atoms with van der Waals surface area (Å²) in [5.41, 5.74) is 0.00476. The molecule has 0 radical (unpaired) electrons. The van der Waals surface area contributed by atoms with Crippen LogP contribution in [-0.4, -0.2) is 42.4 Å². The molecule has 1 saturated carbocycles. The van der Waals surface area contributed by atoms with Crippen LogP contribution in [0.4, 0.5) is 0 Å². The highest BCUT2D eigenvalue weighted by atomic mass is 16.5. The number of hydrogen-bond acceptors (Lipinski definition) is 3. The van der Waals surface area contributed by atoms with Crippen LogP contribution >= 0.6 is 0 Å². The zero-order valence-corrected chi connectivity index (χ0v) is 10.2. The van der Waals surface area contributed by atoms with E-state index in [2.05, 4.69) is 13.8 Å². The second-order valence-corrected chi connectivity index (χ2v) is 5.35. The minimum absolute atomic E-state index is 0.00476. The first-order valence-corrected chi connectivity index (χ1v) is 5.80. The molecule has 0 spiro atoms. The molecule has 1 heterocycles. The molecule has 1 aliphatic carbocycles. The number of rotatable bonds is 2. The molecule has 0 aromatic carbocycles. The highest BCUT2D eigenvalue weighted by molar-refractivity contribution is 6.00. The van der Waals surface area contributed by atoms with Crippen LogP contribution in [-0.2, 0) is 14.3 Å². The number of methoxy groups -OCH3 is 1. The Morgan fingerprint density at radius 3 is 2.56 bits per heavy atom. The summed E-state index contributed by atoms with van der Waals surface area (Å²) < 4.78 is 5.37. The average Bonchev–Trinajstić information content (AvgIpc) is 2.20. The summed E-state index contributed by atoms with van der Waals surface area (Å²) in [6.07, 6.45) is 1.71. The van der Waals surface area contributed by atoms with E-state index in [-0.39, 0.29) is 35.7 Å². The standard InChI is InChI=1S/C12H19NO3/c1-12(2)9(7-10(12)16-3)13-5-4-8(14)6-11(13)15/h9-10H,4-7H2,1-3H3. The van der Waals surface area contributed by atoms with Gasteiger partial charge in [-0.2, -0.15) is 0 Å². The van der Waals surface area contributed by atoms with Crippen molar-refractivity contribution in [2.75, 3.05) is 13.7 Å². The number of ketones is 1. The van der Waals surface area contributed by atoms with Gasteiger partial charge in [0.15, 0.2) is 0 Å². The zero-order chi connectivity index (χ0) is 11.9. The van der Waals surface area contributed by atoms with E-state index >= 15 is 0 Å². The smallest absolute Gasteiger partial charge is 0.230 e. The molecule has 0 bridgehead atoms. The predicted octanol–water partition coefficient (Wildman–Crippen LogP) is 0.991. The van der Waals surface area contributed by atoms with E-state index in [1.54, 1.807) is 7.11 Å². The van der Waals surface area contributed by atoms with Crippen molar-refractivity contribution in [3.63, 3.8) is 0 Å². The van der Waals surface area contributed by atoms with Crippen LogP contribution in [0.2, 0.25) is 0 Å². The quantitative estimate of drug-likeness (QED) is 0.658. The van der Waals surface area contributed by atoms with E-state index in [0.29, 0.717) is 13.0 Å². The lowest BCUT2D eigenvalue weighted by molar-refractivity contribution is -0.166. The summed E-state index contributed by atoms with van der Waals surface area (Å²) in [7, 11) is 1.71. The summed E-state index contributed by atoms with van der Waals surface area (Å²) in [6, 6.07) is 0.234. The minimum atomic E-state index is -0.0103. The molecule has 0 aromatic heterocycles. The Kier molecular flexibility index (Phi) is 2.78. The third-order valence-electron chi connectivity index (χ3n) is 4.09. The molecule has 2 aliphatic rings. The Balaban J connectivity index is 2.05. The third kappa shape index (κ3) is 1.65. The van der Waals surface area contributed by atoms with E-state index in [9.17, 15) is 9.59 Å². The van der Waals surface area contributed by atoms with Crippen molar-refractivity contribution in [3.8, 4) is 0 Å². The number of hydrogen-bond donors (Lipinski definition) is 0. The maximum Gasteiger partial charge on any atom is 0.230 e. The average molecular weight is 225 g/mol. The summed E-state index contributed by atoms with van der Waals surface area (Å²) >= 11 is 0. The largest absolute Gasteiger partial charge is 0.381 e. The predicted molar refractivity (Wildman–Crippen MR) is 58.9 cm³/mol. The van der Waals surface area contributed by atoms with Crippen LogP contribution in [0.15, 0.2) is 0 Å². The maximum atomic E-state index is 11.8. The number of carbonyl (C=O) groups excluding carboxylic acids is 2. The number of carbonyl (C=O) groups is 2. The maximum absolute atomic E-state index is 11.8. The first-order chi connectivity index (χ1) is 7.46. The molecule has 1 aliphatic heterocycles. The Morgan fingerprint density at radius 2 is 2.06 bits per heavy atom. The van der Waals surface area contributed by atoms with Crippen molar-refractivity contribution >= 4 is 11.7 Å². The van der Waals surface area contributed by atoms with Gasteiger partial charge >= 0.3 is 0 Å². The van der Waals surface area contributed by atoms with Gasteiger partial charge in [0.05, 0.1) is 12.5 Å². The van der Waals surface area contributed by atoms with Crippen LogP contribution in [0.1, 0.15) is 33.1 Å². The fourth-order valence-corrected chi connectivity index (χ4v) is 2.85. The molecule has 4 heteroatoms. The summed E-state index contributed by atoms with van der Waals surface area (Å²) in [4.78, 5) is 24.8. The summed E-state index contributed by atoms with van der Waals surface area (Å²) in [6.45, 7) is 4.83. The van der Waals surface area contributed by atoms with Crippen LogP contribution in [0.5, 0.6) is 0 Å². The summed E-state index contributed by atoms with van der Waals surface area (Å²) in [5, 5.41) is 0. The molecule has 4 nitrogen and oxygen atoms in total. The lowest BCUT2D eigenvalue weighted by Crippen LogP contribution is -2.64. The van der Waals surface area contributed by atoms with E-state index in [1.165, 1.54) is 0 Å². The Hall–Kier alpha value is -0.900. The number of likely N-dealkylation sites (tertiary alicyclic amines) is 1. The van der Waals surface area contributed by atoms with E-state index in [1.807, 2.05) is 4.90 Å². The van der Waals surface area contributed by atoms with Crippen LogP contribution in [0.25, 0.3) is 0 Å². The van der Waals surface area contributed by atoms with Crippen molar-refractivity contribution < 1.29 is 14.3 Å². The molecular weight excluding hydrogens is 206 g/mol. The van der Waals surface area contributed by atoms with E-state index in [4.69, 9.17) is 4.74 Å². The normalized spacial score (nSPS) is 33.8. The number of ether oxygens (including phenoxy) is 1. The van der Waals surface area contributed by atoms with Crippen LogP contribution < -0.4 is 0 Å². The van der Waals surface area contributed by atoms with Crippen LogP contribution in [0.3, 0.4) is 0 Å². The van der Waals surface area contributed by atoms with Gasteiger partial charge in [0.2, 0.25) is 5.91 Å². The van der Waals surface area contributed by atoms with Gasteiger partial charge in [0, 0.05) is 31.5 Å². The highest BCUT2D eigenvalue weighted by Gasteiger charge is 2.52. The third-order valence-corrected chi connectivity index (χ3v) is 4.09. The molecular formula is C12H19NO3. The first kappa shape index (κ1) is 11.6. The molecule has 0 aromatic rings. The molecule has 90 valence electrons.